The molecule has 1 aromatic carbocycles. The van der Waals surface area contributed by atoms with E-state index in [1.807, 2.05) is 6.07 Å². The van der Waals surface area contributed by atoms with Crippen LogP contribution in [0.2, 0.25) is 0 Å². The van der Waals surface area contributed by atoms with Gasteiger partial charge in [0.2, 0.25) is 10.0 Å². The van der Waals surface area contributed by atoms with E-state index < -0.39 is 15.9 Å². The number of nitrogens with two attached hydrogens (primary N) is 1. The summed E-state index contributed by atoms with van der Waals surface area (Å²) in [5.74, 6) is -0.528. The highest BCUT2D eigenvalue weighted by Gasteiger charge is 2.24. The molecule has 0 saturated carbocycles. The average molecular weight is 399 g/mol. The first kappa shape index (κ1) is 19.8. The maximum absolute atomic E-state index is 12.5. The number of sulfonamides is 1. The lowest BCUT2D eigenvalue weighted by Gasteiger charge is -2.29. The highest BCUT2D eigenvalue weighted by atomic mass is 32.2. The van der Waals surface area contributed by atoms with Crippen molar-refractivity contribution < 1.29 is 13.2 Å². The fourth-order valence-electron chi connectivity index (χ4n) is 3.07. The number of hydrogen-bond acceptors (Lipinski definition) is 5. The van der Waals surface area contributed by atoms with E-state index >= 15 is 0 Å². The smallest absolute Gasteiger partial charge is 0.291 e. The number of rotatable bonds is 4. The van der Waals surface area contributed by atoms with E-state index in [4.69, 9.17) is 10.4 Å². The van der Waals surface area contributed by atoms with Crippen molar-refractivity contribution in [3.8, 4) is 6.07 Å². The first-order chi connectivity index (χ1) is 13.1. The van der Waals surface area contributed by atoms with E-state index in [0.29, 0.717) is 11.3 Å². The van der Waals surface area contributed by atoms with Crippen molar-refractivity contribution in [2.24, 2.45) is 10.6 Å². The van der Waals surface area contributed by atoms with Gasteiger partial charge in [0.1, 0.15) is 11.8 Å². The number of nitrogens with one attached hydrogen (secondary N) is 2. The summed E-state index contributed by atoms with van der Waals surface area (Å²) in [5, 5.41) is 16.9. The molecule has 0 saturated heterocycles. The summed E-state index contributed by atoms with van der Waals surface area (Å²) < 4.78 is 23.6. The molecule has 3 rings (SSSR count). The molecular formula is C19H21N5O3S. The Morgan fingerprint density at radius 1 is 1.39 bits per heavy atom. The first-order valence-electron chi connectivity index (χ1n) is 8.72. The monoisotopic (exact) mass is 399 g/mol. The minimum atomic E-state index is -3.88. The number of H-pyrrole nitrogens is 1. The molecule has 0 unspecified atom stereocenters. The van der Waals surface area contributed by atoms with Crippen LogP contribution in [0.1, 0.15) is 55.0 Å². The lowest BCUT2D eigenvalue weighted by Crippen LogP contribution is -2.18. The van der Waals surface area contributed by atoms with Gasteiger partial charge in [0.15, 0.2) is 5.82 Å². The van der Waals surface area contributed by atoms with E-state index in [2.05, 4.69) is 35.2 Å². The minimum absolute atomic E-state index is 0.00298. The summed E-state index contributed by atoms with van der Waals surface area (Å²) in [4.78, 5) is 19.0. The molecule has 28 heavy (non-hydrogen) atoms. The third-order valence-electron chi connectivity index (χ3n) is 4.80. The van der Waals surface area contributed by atoms with Crippen LogP contribution in [0.3, 0.4) is 0 Å². The number of allylic oxidation sites excluding steroid dienone is 2. The number of nitriles is 1. The predicted octanol–water partition coefficient (Wildman–Crippen LogP) is 2.77. The predicted molar refractivity (Wildman–Crippen MR) is 105 cm³/mol. The summed E-state index contributed by atoms with van der Waals surface area (Å²) >= 11 is 0. The van der Waals surface area contributed by atoms with Crippen LogP contribution in [-0.4, -0.2) is 24.3 Å². The van der Waals surface area contributed by atoms with Crippen LogP contribution in [0.15, 0.2) is 35.4 Å². The van der Waals surface area contributed by atoms with Crippen LogP contribution in [-0.2, 0) is 10.0 Å². The number of imidazole rings is 1. The molecule has 0 fully saturated rings. The summed E-state index contributed by atoms with van der Waals surface area (Å²) in [6.07, 6.45) is 5.88. The molecule has 1 aliphatic rings. The third kappa shape index (κ3) is 4.30. The molecule has 9 heteroatoms. The van der Waals surface area contributed by atoms with Crippen molar-refractivity contribution in [1.82, 2.24) is 9.97 Å². The lowest BCUT2D eigenvalue weighted by atomic mass is 9.77. The van der Waals surface area contributed by atoms with E-state index in [0.717, 1.165) is 24.8 Å². The average Bonchev–Trinajstić information content (AvgIpc) is 3.11. The van der Waals surface area contributed by atoms with Crippen molar-refractivity contribution in [3.63, 3.8) is 0 Å². The maximum Gasteiger partial charge on any atom is 0.291 e. The maximum atomic E-state index is 12.5. The highest BCUT2D eigenvalue weighted by Crippen LogP contribution is 2.40. The van der Waals surface area contributed by atoms with Gasteiger partial charge < -0.3 is 10.3 Å². The van der Waals surface area contributed by atoms with Gasteiger partial charge in [0.05, 0.1) is 11.1 Å². The number of nitrogens with zero attached hydrogens (tertiary/aromatic N) is 2. The van der Waals surface area contributed by atoms with Gasteiger partial charge in [0, 0.05) is 11.3 Å². The third-order valence-corrected chi connectivity index (χ3v) is 5.71. The van der Waals surface area contributed by atoms with Crippen molar-refractivity contribution in [1.29, 1.82) is 5.26 Å². The molecule has 1 heterocycles. The zero-order valence-corrected chi connectivity index (χ0v) is 16.4. The quantitative estimate of drug-likeness (QED) is 0.724. The molecule has 0 radical (unpaired) electrons. The van der Waals surface area contributed by atoms with Crippen molar-refractivity contribution in [2.45, 2.75) is 38.0 Å². The van der Waals surface area contributed by atoms with E-state index in [1.165, 1.54) is 24.4 Å². The number of aromatic amines is 1. The second-order valence-corrected chi connectivity index (χ2v) is 9.12. The molecule has 8 nitrogen and oxygen atoms in total. The van der Waals surface area contributed by atoms with Crippen LogP contribution in [0.5, 0.6) is 0 Å². The van der Waals surface area contributed by atoms with Crippen molar-refractivity contribution >= 4 is 27.2 Å². The number of hydrogen-bond donors (Lipinski definition) is 3. The SMILES string of the molecule is CC1(C)CC=C(c2cc(S(N)(=O)=O)ccc2NC(=O)c2ncc(C#N)[nH]2)CC1. The van der Waals surface area contributed by atoms with E-state index in [-0.39, 0.29) is 21.8 Å². The molecule has 0 spiro atoms. The van der Waals surface area contributed by atoms with Gasteiger partial charge in [-0.15, -0.1) is 0 Å². The Balaban J connectivity index is 1.99. The van der Waals surface area contributed by atoms with Gasteiger partial charge >= 0.3 is 0 Å². The minimum Gasteiger partial charge on any atom is -0.326 e. The summed E-state index contributed by atoms with van der Waals surface area (Å²) in [7, 11) is -3.88. The molecule has 0 bridgehead atoms. The van der Waals surface area contributed by atoms with Crippen LogP contribution >= 0.6 is 0 Å². The number of carbonyl (C=O) groups excluding carboxylic acids is 1. The van der Waals surface area contributed by atoms with Gasteiger partial charge in [-0.1, -0.05) is 19.9 Å². The number of amides is 1. The van der Waals surface area contributed by atoms with Gasteiger partial charge in [-0.25, -0.2) is 18.5 Å². The fourth-order valence-corrected chi connectivity index (χ4v) is 3.61. The van der Waals surface area contributed by atoms with Crippen LogP contribution < -0.4 is 10.5 Å². The van der Waals surface area contributed by atoms with Gasteiger partial charge in [0.25, 0.3) is 5.91 Å². The lowest BCUT2D eigenvalue weighted by molar-refractivity contribution is 0.101. The molecule has 2 aromatic rings. The number of carbonyl (C=O) groups is 1. The Bertz CT molecular complexity index is 1110. The fraction of sp³-hybridized carbons (Fsp3) is 0.316. The Morgan fingerprint density at radius 2 is 2.14 bits per heavy atom. The summed E-state index contributed by atoms with van der Waals surface area (Å²) in [6, 6.07) is 6.22. The molecule has 146 valence electrons. The second kappa shape index (κ2) is 7.22. The highest BCUT2D eigenvalue weighted by molar-refractivity contribution is 7.89. The van der Waals surface area contributed by atoms with Crippen molar-refractivity contribution in [2.75, 3.05) is 5.32 Å². The molecule has 1 aliphatic carbocycles. The van der Waals surface area contributed by atoms with Crippen LogP contribution in [0.4, 0.5) is 5.69 Å². The number of anilines is 1. The molecule has 1 amide bonds. The van der Waals surface area contributed by atoms with E-state index in [1.54, 1.807) is 0 Å². The number of benzene rings is 1. The van der Waals surface area contributed by atoms with Crippen LogP contribution in [0, 0.1) is 16.7 Å². The standard InChI is InChI=1S/C19H21N5O3S/c1-19(2)7-5-12(6-8-19)15-9-14(28(21,26)27)3-4-16(15)24-18(25)17-22-11-13(10-20)23-17/h3-5,9,11H,6-8H2,1-2H3,(H,22,23)(H,24,25)(H2,21,26,27). The first-order valence-corrected chi connectivity index (χ1v) is 10.3. The molecule has 4 N–H and O–H groups in total. The Labute approximate surface area is 163 Å². The second-order valence-electron chi connectivity index (χ2n) is 7.56. The van der Waals surface area contributed by atoms with Crippen molar-refractivity contribution in [3.05, 3.63) is 47.6 Å². The molecular weight excluding hydrogens is 378 g/mol. The summed E-state index contributed by atoms with van der Waals surface area (Å²) in [5.41, 5.74) is 2.37. The van der Waals surface area contributed by atoms with Gasteiger partial charge in [-0.05, 0) is 48.4 Å². The molecule has 0 aliphatic heterocycles. The topological polar surface area (TPSA) is 142 Å². The Hall–Kier alpha value is -2.96. The number of primary sulfonamides is 1. The Kier molecular flexibility index (Phi) is 5.10. The largest absolute Gasteiger partial charge is 0.326 e. The van der Waals surface area contributed by atoms with Gasteiger partial charge in [-0.2, -0.15) is 5.26 Å². The van der Waals surface area contributed by atoms with Gasteiger partial charge in [-0.3, -0.25) is 4.79 Å². The normalized spacial score (nSPS) is 16.1. The molecule has 1 aromatic heterocycles. The van der Waals surface area contributed by atoms with Crippen LogP contribution in [0.25, 0.3) is 5.57 Å². The Morgan fingerprint density at radius 3 is 2.71 bits per heavy atom. The zero-order valence-electron chi connectivity index (χ0n) is 15.6. The number of aromatic nitrogens is 2. The molecule has 0 atom stereocenters. The van der Waals surface area contributed by atoms with E-state index in [9.17, 15) is 13.2 Å². The zero-order chi connectivity index (χ0) is 20.5. The summed E-state index contributed by atoms with van der Waals surface area (Å²) in [6.45, 7) is 4.35.